The lowest BCUT2D eigenvalue weighted by Gasteiger charge is -2.06. The molecule has 0 atom stereocenters. The summed E-state index contributed by atoms with van der Waals surface area (Å²) < 4.78 is 8.35. The largest absolute Gasteiger partial charge is 0.173 e. The highest BCUT2D eigenvalue weighted by Crippen LogP contribution is 2.24. The molecule has 0 aliphatic carbocycles. The number of hydrogen-bond donors (Lipinski definition) is 0. The Hall–Kier alpha value is -0.670. The zero-order valence-electron chi connectivity index (χ0n) is 8.12. The summed E-state index contributed by atoms with van der Waals surface area (Å²) in [5, 5.41) is 0.805. The van der Waals surface area contributed by atoms with Gasteiger partial charge in [-0.3, -0.25) is 0 Å². The molecule has 4 heteroatoms. The third-order valence-corrected chi connectivity index (χ3v) is 2.96. The van der Waals surface area contributed by atoms with Gasteiger partial charge in [0.15, 0.2) is 0 Å². The van der Waals surface area contributed by atoms with E-state index in [0.717, 1.165) is 22.5 Å². The summed E-state index contributed by atoms with van der Waals surface area (Å²) in [6.07, 6.45) is 0.992. The van der Waals surface area contributed by atoms with E-state index in [0.29, 0.717) is 5.92 Å². The van der Waals surface area contributed by atoms with Crippen LogP contribution >= 0.6 is 23.3 Å². The summed E-state index contributed by atoms with van der Waals surface area (Å²) >= 11 is 7.37. The van der Waals surface area contributed by atoms with Gasteiger partial charge in [0, 0.05) is 5.02 Å². The van der Waals surface area contributed by atoms with Crippen molar-refractivity contribution in [1.82, 2.24) is 8.75 Å². The van der Waals surface area contributed by atoms with Crippen LogP contribution < -0.4 is 0 Å². The van der Waals surface area contributed by atoms with Crippen molar-refractivity contribution in [1.29, 1.82) is 0 Å². The van der Waals surface area contributed by atoms with Gasteiger partial charge in [-0.1, -0.05) is 25.4 Å². The fraction of sp³-hybridized carbons (Fsp3) is 0.400. The molecule has 0 saturated carbocycles. The monoisotopic (exact) mass is 226 g/mol. The van der Waals surface area contributed by atoms with Crippen LogP contribution in [0.3, 0.4) is 0 Å². The van der Waals surface area contributed by atoms with E-state index in [-0.39, 0.29) is 0 Å². The Morgan fingerprint density at radius 2 is 1.93 bits per heavy atom. The molecule has 0 radical (unpaired) electrons. The van der Waals surface area contributed by atoms with Crippen molar-refractivity contribution in [2.75, 3.05) is 0 Å². The van der Waals surface area contributed by atoms with Crippen LogP contribution in [0.2, 0.25) is 5.02 Å². The van der Waals surface area contributed by atoms with Crippen LogP contribution in [-0.2, 0) is 6.42 Å². The zero-order valence-corrected chi connectivity index (χ0v) is 9.69. The van der Waals surface area contributed by atoms with Crippen LogP contribution in [0.15, 0.2) is 12.1 Å². The van der Waals surface area contributed by atoms with E-state index in [1.807, 2.05) is 12.1 Å². The molecule has 0 bridgehead atoms. The van der Waals surface area contributed by atoms with E-state index in [1.54, 1.807) is 0 Å². The average Bonchev–Trinajstić information content (AvgIpc) is 2.51. The number of benzene rings is 1. The van der Waals surface area contributed by atoms with Gasteiger partial charge in [-0.25, -0.2) is 0 Å². The molecule has 0 N–H and O–H groups in total. The van der Waals surface area contributed by atoms with E-state index in [2.05, 4.69) is 22.6 Å². The van der Waals surface area contributed by atoms with Crippen molar-refractivity contribution < 1.29 is 0 Å². The van der Waals surface area contributed by atoms with E-state index in [9.17, 15) is 0 Å². The van der Waals surface area contributed by atoms with Crippen molar-refractivity contribution in [3.05, 3.63) is 22.7 Å². The minimum absolute atomic E-state index is 0.608. The first kappa shape index (κ1) is 9.87. The van der Waals surface area contributed by atoms with Crippen LogP contribution in [0.4, 0.5) is 0 Å². The van der Waals surface area contributed by atoms with Gasteiger partial charge in [0.25, 0.3) is 0 Å². The standard InChI is InChI=1S/C10H11ClN2S/c1-6(2)3-7-4-9-10(5-8(7)11)13-14-12-9/h4-6H,3H2,1-2H3. The second-order valence-corrected chi connectivity index (χ2v) is 4.73. The summed E-state index contributed by atoms with van der Waals surface area (Å²) in [5.41, 5.74) is 3.02. The minimum atomic E-state index is 0.608. The number of nitrogens with zero attached hydrogens (tertiary/aromatic N) is 2. The minimum Gasteiger partial charge on any atom is -0.173 e. The fourth-order valence-electron chi connectivity index (χ4n) is 1.45. The molecule has 1 aromatic carbocycles. The molecule has 14 heavy (non-hydrogen) atoms. The number of rotatable bonds is 2. The van der Waals surface area contributed by atoms with Crippen LogP contribution in [0.25, 0.3) is 11.0 Å². The van der Waals surface area contributed by atoms with Gasteiger partial charge in [-0.05, 0) is 30.0 Å². The van der Waals surface area contributed by atoms with Gasteiger partial charge in [0.2, 0.25) is 0 Å². The van der Waals surface area contributed by atoms with Gasteiger partial charge in [-0.15, -0.1) is 0 Å². The van der Waals surface area contributed by atoms with Crippen LogP contribution in [0, 0.1) is 5.92 Å². The topological polar surface area (TPSA) is 25.8 Å². The van der Waals surface area contributed by atoms with Gasteiger partial charge < -0.3 is 0 Å². The Labute approximate surface area is 92.2 Å². The Bertz CT molecular complexity index is 450. The Morgan fingerprint density at radius 1 is 1.29 bits per heavy atom. The first-order chi connectivity index (χ1) is 6.66. The Balaban J connectivity index is 2.48. The molecule has 0 unspecified atom stereocenters. The predicted molar refractivity (Wildman–Crippen MR) is 61.0 cm³/mol. The molecule has 0 saturated heterocycles. The van der Waals surface area contributed by atoms with Crippen LogP contribution in [0.5, 0.6) is 0 Å². The Morgan fingerprint density at radius 3 is 2.57 bits per heavy atom. The van der Waals surface area contributed by atoms with E-state index < -0.39 is 0 Å². The van der Waals surface area contributed by atoms with Gasteiger partial charge >= 0.3 is 0 Å². The highest BCUT2D eigenvalue weighted by atomic mass is 35.5. The van der Waals surface area contributed by atoms with Crippen molar-refractivity contribution in [3.63, 3.8) is 0 Å². The number of aromatic nitrogens is 2. The number of fused-ring (bicyclic) bond motifs is 1. The normalized spacial score (nSPS) is 11.4. The van der Waals surface area contributed by atoms with Crippen LogP contribution in [-0.4, -0.2) is 8.75 Å². The Kier molecular flexibility index (Phi) is 2.70. The molecule has 0 amide bonds. The molecule has 1 heterocycles. The van der Waals surface area contributed by atoms with Gasteiger partial charge in [-0.2, -0.15) is 8.75 Å². The van der Waals surface area contributed by atoms with Gasteiger partial charge in [0.05, 0.1) is 11.7 Å². The van der Waals surface area contributed by atoms with Gasteiger partial charge in [0.1, 0.15) is 11.0 Å². The summed E-state index contributed by atoms with van der Waals surface area (Å²) in [6, 6.07) is 3.94. The van der Waals surface area contributed by atoms with Crippen molar-refractivity contribution in [3.8, 4) is 0 Å². The summed E-state index contributed by atoms with van der Waals surface area (Å²) in [5.74, 6) is 0.608. The molecule has 2 nitrogen and oxygen atoms in total. The maximum absolute atomic E-state index is 6.14. The first-order valence-corrected chi connectivity index (χ1v) is 5.68. The molecule has 2 rings (SSSR count). The van der Waals surface area contributed by atoms with Crippen LogP contribution in [0.1, 0.15) is 19.4 Å². The fourth-order valence-corrected chi connectivity index (χ4v) is 2.19. The summed E-state index contributed by atoms with van der Waals surface area (Å²) in [4.78, 5) is 0. The summed E-state index contributed by atoms with van der Waals surface area (Å²) in [6.45, 7) is 4.36. The lowest BCUT2D eigenvalue weighted by Crippen LogP contribution is -1.94. The maximum atomic E-state index is 6.14. The second-order valence-electron chi connectivity index (χ2n) is 3.79. The zero-order chi connectivity index (χ0) is 10.1. The van der Waals surface area contributed by atoms with Crippen molar-refractivity contribution in [2.24, 2.45) is 5.92 Å². The molecule has 0 fully saturated rings. The van der Waals surface area contributed by atoms with Crippen molar-refractivity contribution in [2.45, 2.75) is 20.3 Å². The molecular weight excluding hydrogens is 216 g/mol. The predicted octanol–water partition coefficient (Wildman–Crippen LogP) is 3.54. The quantitative estimate of drug-likeness (QED) is 0.783. The number of halogens is 1. The van der Waals surface area contributed by atoms with Crippen molar-refractivity contribution >= 4 is 34.4 Å². The molecule has 1 aromatic heterocycles. The van der Waals surface area contributed by atoms with E-state index >= 15 is 0 Å². The average molecular weight is 227 g/mol. The molecule has 74 valence electrons. The van der Waals surface area contributed by atoms with E-state index in [4.69, 9.17) is 11.6 Å². The molecule has 2 aromatic rings. The highest BCUT2D eigenvalue weighted by molar-refractivity contribution is 7.00. The van der Waals surface area contributed by atoms with E-state index in [1.165, 1.54) is 17.3 Å². The third kappa shape index (κ3) is 1.88. The number of hydrogen-bond acceptors (Lipinski definition) is 3. The molecular formula is C10H11ClN2S. The molecule has 0 aliphatic rings. The molecule has 0 spiro atoms. The first-order valence-electron chi connectivity index (χ1n) is 4.57. The maximum Gasteiger partial charge on any atom is 0.106 e. The summed E-state index contributed by atoms with van der Waals surface area (Å²) in [7, 11) is 0. The third-order valence-electron chi connectivity index (χ3n) is 2.05. The SMILES string of the molecule is CC(C)Cc1cc2nsnc2cc1Cl. The molecule has 0 aliphatic heterocycles. The second kappa shape index (κ2) is 3.83. The smallest absolute Gasteiger partial charge is 0.106 e. The lowest BCUT2D eigenvalue weighted by molar-refractivity contribution is 0.648. The lowest BCUT2D eigenvalue weighted by atomic mass is 10.0. The highest BCUT2D eigenvalue weighted by Gasteiger charge is 2.07.